The fourth-order valence-corrected chi connectivity index (χ4v) is 2.39. The minimum Gasteiger partial charge on any atom is -0.466 e. The molecule has 1 fully saturated rings. The van der Waals surface area contributed by atoms with E-state index >= 15 is 0 Å². The van der Waals surface area contributed by atoms with Gasteiger partial charge in [0, 0.05) is 12.6 Å². The van der Waals surface area contributed by atoms with E-state index in [9.17, 15) is 9.59 Å². The highest BCUT2D eigenvalue weighted by Crippen LogP contribution is 2.27. The first-order valence-electron chi connectivity index (χ1n) is 7.14. The predicted molar refractivity (Wildman–Crippen MR) is 74.5 cm³/mol. The molecule has 1 aliphatic rings. The van der Waals surface area contributed by atoms with Crippen LogP contribution in [0, 0.1) is 5.92 Å². The maximum Gasteiger partial charge on any atom is 0.311 e. The lowest BCUT2D eigenvalue weighted by atomic mass is 9.88. The van der Waals surface area contributed by atoms with Gasteiger partial charge in [0.05, 0.1) is 18.9 Å². The molecule has 0 aliphatic carbocycles. The van der Waals surface area contributed by atoms with Crippen LogP contribution in [0.15, 0.2) is 0 Å². The summed E-state index contributed by atoms with van der Waals surface area (Å²) >= 11 is 0. The van der Waals surface area contributed by atoms with Crippen molar-refractivity contribution < 1.29 is 19.1 Å². The molecular formula is C14H26N2O4. The molecule has 0 amide bonds. The largest absolute Gasteiger partial charge is 0.466 e. The number of carbonyl (C=O) groups excluding carboxylic acids is 2. The van der Waals surface area contributed by atoms with Crippen LogP contribution in [0.4, 0.5) is 0 Å². The Morgan fingerprint density at radius 1 is 1.35 bits per heavy atom. The summed E-state index contributed by atoms with van der Waals surface area (Å²) in [7, 11) is 0. The monoisotopic (exact) mass is 286 g/mol. The van der Waals surface area contributed by atoms with Gasteiger partial charge < -0.3 is 9.47 Å². The van der Waals surface area contributed by atoms with Crippen LogP contribution in [-0.2, 0) is 19.1 Å². The van der Waals surface area contributed by atoms with Crippen LogP contribution in [-0.4, -0.2) is 41.7 Å². The second kappa shape index (κ2) is 7.04. The molecule has 0 aromatic heterocycles. The average Bonchev–Trinajstić information content (AvgIpc) is 2.29. The van der Waals surface area contributed by atoms with E-state index in [1.54, 1.807) is 11.9 Å². The molecule has 0 spiro atoms. The molecule has 0 unspecified atom stereocenters. The molecule has 20 heavy (non-hydrogen) atoms. The number of hydrogen-bond acceptors (Lipinski definition) is 6. The minimum absolute atomic E-state index is 0.119. The van der Waals surface area contributed by atoms with Crippen molar-refractivity contribution in [2.75, 3.05) is 13.2 Å². The van der Waals surface area contributed by atoms with Gasteiger partial charge in [-0.15, -0.1) is 0 Å². The fourth-order valence-electron chi connectivity index (χ4n) is 2.39. The maximum atomic E-state index is 12.3. The SMILES string of the molecule is CCOC(=O)C[C@H]1[C@H](C(=O)OC(C)(C)C)CCCN1N. The molecule has 6 heteroatoms. The summed E-state index contributed by atoms with van der Waals surface area (Å²) in [6, 6.07) is -0.349. The maximum absolute atomic E-state index is 12.3. The van der Waals surface area contributed by atoms with Crippen LogP contribution in [0.3, 0.4) is 0 Å². The molecule has 1 heterocycles. The van der Waals surface area contributed by atoms with Crippen molar-refractivity contribution in [2.45, 2.75) is 58.6 Å². The third kappa shape index (κ3) is 5.09. The number of rotatable bonds is 4. The van der Waals surface area contributed by atoms with Gasteiger partial charge in [-0.2, -0.15) is 0 Å². The molecule has 1 aliphatic heterocycles. The van der Waals surface area contributed by atoms with Crippen molar-refractivity contribution in [1.29, 1.82) is 0 Å². The van der Waals surface area contributed by atoms with Crippen molar-refractivity contribution >= 4 is 11.9 Å². The zero-order chi connectivity index (χ0) is 15.3. The van der Waals surface area contributed by atoms with Gasteiger partial charge in [-0.3, -0.25) is 15.4 Å². The van der Waals surface area contributed by atoms with E-state index in [0.717, 1.165) is 6.42 Å². The third-order valence-corrected chi connectivity index (χ3v) is 3.21. The van der Waals surface area contributed by atoms with Crippen LogP contribution in [0.25, 0.3) is 0 Å². The molecule has 2 N–H and O–H groups in total. The van der Waals surface area contributed by atoms with Crippen molar-refractivity contribution in [2.24, 2.45) is 11.8 Å². The highest BCUT2D eigenvalue weighted by Gasteiger charge is 2.38. The molecule has 0 radical (unpaired) electrons. The zero-order valence-electron chi connectivity index (χ0n) is 12.8. The Labute approximate surface area is 120 Å². The summed E-state index contributed by atoms with van der Waals surface area (Å²) < 4.78 is 10.4. The summed E-state index contributed by atoms with van der Waals surface area (Å²) in [4.78, 5) is 23.9. The van der Waals surface area contributed by atoms with E-state index in [-0.39, 0.29) is 30.3 Å². The summed E-state index contributed by atoms with van der Waals surface area (Å²) in [6.07, 6.45) is 1.63. The average molecular weight is 286 g/mol. The number of nitrogens with zero attached hydrogens (tertiary/aromatic N) is 1. The van der Waals surface area contributed by atoms with E-state index in [4.69, 9.17) is 15.3 Å². The van der Waals surface area contributed by atoms with Gasteiger partial charge in [-0.1, -0.05) is 0 Å². The van der Waals surface area contributed by atoms with E-state index in [1.807, 2.05) is 20.8 Å². The highest BCUT2D eigenvalue weighted by molar-refractivity contribution is 5.76. The van der Waals surface area contributed by atoms with Crippen LogP contribution < -0.4 is 5.84 Å². The van der Waals surface area contributed by atoms with Crippen LogP contribution in [0.2, 0.25) is 0 Å². The Morgan fingerprint density at radius 3 is 2.55 bits per heavy atom. The Bertz CT molecular complexity index is 352. The Balaban J connectivity index is 2.74. The molecular weight excluding hydrogens is 260 g/mol. The smallest absolute Gasteiger partial charge is 0.311 e. The van der Waals surface area contributed by atoms with Crippen LogP contribution >= 0.6 is 0 Å². The van der Waals surface area contributed by atoms with Crippen molar-refractivity contribution in [3.63, 3.8) is 0 Å². The Hall–Kier alpha value is -1.14. The number of hydrogen-bond donors (Lipinski definition) is 1. The van der Waals surface area contributed by atoms with E-state index in [2.05, 4.69) is 0 Å². The lowest BCUT2D eigenvalue weighted by Crippen LogP contribution is -2.53. The number of piperidine rings is 1. The van der Waals surface area contributed by atoms with E-state index in [1.165, 1.54) is 0 Å². The first-order chi connectivity index (χ1) is 9.24. The molecule has 0 aromatic rings. The topological polar surface area (TPSA) is 81.9 Å². The summed E-state index contributed by atoms with van der Waals surface area (Å²) in [5.74, 6) is 4.94. The number of hydrazine groups is 1. The van der Waals surface area contributed by atoms with E-state index < -0.39 is 5.60 Å². The Kier molecular flexibility index (Phi) is 5.95. The quantitative estimate of drug-likeness (QED) is 0.618. The summed E-state index contributed by atoms with van der Waals surface area (Å²) in [5.41, 5.74) is -0.539. The van der Waals surface area contributed by atoms with Gasteiger partial charge in [-0.25, -0.2) is 5.01 Å². The predicted octanol–water partition coefficient (Wildman–Crippen LogP) is 1.24. The summed E-state index contributed by atoms with van der Waals surface area (Å²) in [5, 5.41) is 1.56. The molecule has 6 nitrogen and oxygen atoms in total. The zero-order valence-corrected chi connectivity index (χ0v) is 12.8. The first kappa shape index (κ1) is 16.9. The number of esters is 2. The van der Waals surface area contributed by atoms with Gasteiger partial charge in [-0.05, 0) is 40.5 Å². The lowest BCUT2D eigenvalue weighted by molar-refractivity contribution is -0.165. The normalized spacial score (nSPS) is 24.2. The molecule has 0 aromatic carbocycles. The highest BCUT2D eigenvalue weighted by atomic mass is 16.6. The molecule has 0 saturated carbocycles. The summed E-state index contributed by atoms with van der Waals surface area (Å²) in [6.45, 7) is 8.23. The second-order valence-corrected chi connectivity index (χ2v) is 6.10. The van der Waals surface area contributed by atoms with Crippen LogP contribution in [0.1, 0.15) is 47.0 Å². The van der Waals surface area contributed by atoms with Gasteiger partial charge >= 0.3 is 11.9 Å². The molecule has 0 bridgehead atoms. The Morgan fingerprint density at radius 2 is 2.00 bits per heavy atom. The number of nitrogens with two attached hydrogens (primary N) is 1. The fraction of sp³-hybridized carbons (Fsp3) is 0.857. The van der Waals surface area contributed by atoms with Crippen molar-refractivity contribution in [3.05, 3.63) is 0 Å². The second-order valence-electron chi connectivity index (χ2n) is 6.10. The van der Waals surface area contributed by atoms with Gasteiger partial charge in [0.1, 0.15) is 5.60 Å². The number of carbonyl (C=O) groups is 2. The third-order valence-electron chi connectivity index (χ3n) is 3.21. The van der Waals surface area contributed by atoms with E-state index in [0.29, 0.717) is 19.6 Å². The first-order valence-corrected chi connectivity index (χ1v) is 7.14. The lowest BCUT2D eigenvalue weighted by Gasteiger charge is -2.37. The van der Waals surface area contributed by atoms with Crippen LogP contribution in [0.5, 0.6) is 0 Å². The van der Waals surface area contributed by atoms with Gasteiger partial charge in [0.15, 0.2) is 0 Å². The number of ether oxygens (including phenoxy) is 2. The van der Waals surface area contributed by atoms with Gasteiger partial charge in [0.2, 0.25) is 0 Å². The molecule has 1 saturated heterocycles. The standard InChI is InChI=1S/C14H26N2O4/c1-5-19-12(17)9-11-10(7-6-8-16(11)15)13(18)20-14(2,3)4/h10-11H,5-9,15H2,1-4H3/t10-,11+/m1/s1. The van der Waals surface area contributed by atoms with Gasteiger partial charge in [0.25, 0.3) is 0 Å². The minimum atomic E-state index is -0.539. The molecule has 116 valence electrons. The van der Waals surface area contributed by atoms with Crippen molar-refractivity contribution in [1.82, 2.24) is 5.01 Å². The molecule has 2 atom stereocenters. The molecule has 1 rings (SSSR count). The van der Waals surface area contributed by atoms with Crippen molar-refractivity contribution in [3.8, 4) is 0 Å².